The van der Waals surface area contributed by atoms with Crippen LogP contribution in [0.5, 0.6) is 17.2 Å². The van der Waals surface area contributed by atoms with Gasteiger partial charge in [0.15, 0.2) is 0 Å². The van der Waals surface area contributed by atoms with Gasteiger partial charge in [0.1, 0.15) is 44.8 Å². The van der Waals surface area contributed by atoms with E-state index in [1.165, 1.54) is 6.26 Å². The standard InChI is InChI=1S/C31H32F2O7S/c1-17-11-21(38-9-4-10-41(3,36)37)12-18(2)29(17)31-23-7-8-26(30(23)24(32)15-25(31)33)40-20-5-6-22-19(13-28(34)35)16-39-27(22)14-20/h5-6,11-12,14-15,19,26H,4,7-10,13,16H2,1-3H3,(H,34,35). The van der Waals surface area contributed by atoms with Crippen molar-refractivity contribution < 1.29 is 41.3 Å². The van der Waals surface area contributed by atoms with E-state index in [4.69, 9.17) is 19.3 Å². The molecule has 1 N–H and O–H groups in total. The van der Waals surface area contributed by atoms with Crippen LogP contribution in [0.15, 0.2) is 36.4 Å². The van der Waals surface area contributed by atoms with Crippen LogP contribution < -0.4 is 14.2 Å². The van der Waals surface area contributed by atoms with Crippen molar-refractivity contribution >= 4 is 15.8 Å². The van der Waals surface area contributed by atoms with Crippen LogP contribution in [0, 0.1) is 25.5 Å². The molecule has 3 aromatic carbocycles. The van der Waals surface area contributed by atoms with E-state index in [1.54, 1.807) is 30.3 Å². The first kappa shape index (κ1) is 28.9. The molecule has 0 saturated heterocycles. The van der Waals surface area contributed by atoms with Gasteiger partial charge in [0, 0.05) is 41.0 Å². The molecule has 3 aromatic rings. The molecular weight excluding hydrogens is 554 g/mol. The maximum absolute atomic E-state index is 15.4. The highest BCUT2D eigenvalue weighted by Gasteiger charge is 2.34. The number of hydrogen-bond acceptors (Lipinski definition) is 6. The summed E-state index contributed by atoms with van der Waals surface area (Å²) >= 11 is 0. The molecule has 1 aliphatic heterocycles. The Balaban J connectivity index is 1.40. The fourth-order valence-corrected chi connectivity index (χ4v) is 6.53. The van der Waals surface area contributed by atoms with Crippen LogP contribution in [0.3, 0.4) is 0 Å². The molecule has 0 fully saturated rings. The topological polar surface area (TPSA) is 99.1 Å². The minimum atomic E-state index is -3.07. The smallest absolute Gasteiger partial charge is 0.304 e. The Morgan fingerprint density at radius 3 is 2.46 bits per heavy atom. The summed E-state index contributed by atoms with van der Waals surface area (Å²) in [6.07, 6.45) is 1.77. The number of sulfone groups is 1. The first-order valence-electron chi connectivity index (χ1n) is 13.5. The predicted octanol–water partition coefficient (Wildman–Crippen LogP) is 6.08. The molecular formula is C31H32F2O7S. The Labute approximate surface area is 238 Å². The van der Waals surface area contributed by atoms with Gasteiger partial charge in [0.05, 0.1) is 25.4 Å². The third kappa shape index (κ3) is 6.17. The van der Waals surface area contributed by atoms with Crippen molar-refractivity contribution in [3.63, 3.8) is 0 Å². The monoisotopic (exact) mass is 586 g/mol. The number of hydrogen-bond donors (Lipinski definition) is 1. The summed E-state index contributed by atoms with van der Waals surface area (Å²) in [5.74, 6) is -0.836. The van der Waals surface area contributed by atoms with Crippen molar-refractivity contribution in [2.75, 3.05) is 25.2 Å². The molecule has 0 saturated carbocycles. The second kappa shape index (κ2) is 11.3. The van der Waals surface area contributed by atoms with E-state index in [1.807, 2.05) is 13.8 Å². The summed E-state index contributed by atoms with van der Waals surface area (Å²) < 4.78 is 71.0. The number of rotatable bonds is 10. The number of halogens is 2. The van der Waals surface area contributed by atoms with Gasteiger partial charge in [-0.05, 0) is 73.6 Å². The van der Waals surface area contributed by atoms with Crippen LogP contribution in [0.2, 0.25) is 0 Å². The Morgan fingerprint density at radius 1 is 1.05 bits per heavy atom. The van der Waals surface area contributed by atoms with E-state index >= 15 is 8.78 Å². The van der Waals surface area contributed by atoms with E-state index < -0.39 is 33.5 Å². The maximum atomic E-state index is 15.4. The van der Waals surface area contributed by atoms with Crippen molar-refractivity contribution in [3.05, 3.63) is 75.8 Å². The molecule has 0 bridgehead atoms. The highest BCUT2D eigenvalue weighted by atomic mass is 32.2. The first-order valence-corrected chi connectivity index (χ1v) is 15.6. The molecule has 0 aromatic heterocycles. The molecule has 7 nitrogen and oxygen atoms in total. The number of carbonyl (C=O) groups is 1. The van der Waals surface area contributed by atoms with Crippen LogP contribution in [-0.4, -0.2) is 44.7 Å². The highest BCUT2D eigenvalue weighted by Crippen LogP contribution is 2.46. The number of carboxylic acid groups (broad SMARTS) is 1. The summed E-state index contributed by atoms with van der Waals surface area (Å²) in [7, 11) is -3.07. The molecule has 5 rings (SSSR count). The summed E-state index contributed by atoms with van der Waals surface area (Å²) in [5.41, 5.74) is 4.22. The minimum absolute atomic E-state index is 0.0299. The lowest BCUT2D eigenvalue weighted by molar-refractivity contribution is -0.137. The van der Waals surface area contributed by atoms with E-state index in [9.17, 15) is 13.2 Å². The molecule has 0 amide bonds. The fraction of sp³-hybridized carbons (Fsp3) is 0.387. The number of carboxylic acids is 1. The summed E-state index contributed by atoms with van der Waals surface area (Å²) in [4.78, 5) is 11.1. The van der Waals surface area contributed by atoms with Gasteiger partial charge in [0.2, 0.25) is 0 Å². The number of benzene rings is 3. The average molecular weight is 587 g/mol. The molecule has 41 heavy (non-hydrogen) atoms. The van der Waals surface area contributed by atoms with Crippen molar-refractivity contribution in [3.8, 4) is 28.4 Å². The van der Waals surface area contributed by atoms with Crippen LogP contribution >= 0.6 is 0 Å². The maximum Gasteiger partial charge on any atom is 0.304 e. The van der Waals surface area contributed by atoms with Gasteiger partial charge < -0.3 is 19.3 Å². The zero-order chi connectivity index (χ0) is 29.5. The second-order valence-corrected chi connectivity index (χ2v) is 13.1. The van der Waals surface area contributed by atoms with Gasteiger partial charge >= 0.3 is 5.97 Å². The van der Waals surface area contributed by atoms with Crippen molar-refractivity contribution in [2.24, 2.45) is 0 Å². The van der Waals surface area contributed by atoms with E-state index in [2.05, 4.69) is 0 Å². The van der Waals surface area contributed by atoms with E-state index in [0.29, 0.717) is 58.8 Å². The lowest BCUT2D eigenvalue weighted by Gasteiger charge is -2.20. The Morgan fingerprint density at radius 2 is 1.78 bits per heavy atom. The number of ether oxygens (including phenoxy) is 3. The molecule has 1 heterocycles. The Bertz CT molecular complexity index is 1590. The first-order chi connectivity index (χ1) is 19.4. The normalized spacial score (nSPS) is 17.6. The van der Waals surface area contributed by atoms with Gasteiger partial charge in [-0.15, -0.1) is 0 Å². The molecule has 0 radical (unpaired) electrons. The number of fused-ring (bicyclic) bond motifs is 2. The summed E-state index contributed by atoms with van der Waals surface area (Å²) in [6, 6.07) is 9.68. The van der Waals surface area contributed by atoms with Gasteiger partial charge in [0.25, 0.3) is 0 Å². The van der Waals surface area contributed by atoms with E-state index in [0.717, 1.165) is 22.8 Å². The lowest BCUT2D eigenvalue weighted by Crippen LogP contribution is -2.09. The third-order valence-electron chi connectivity index (χ3n) is 7.60. The molecule has 2 atom stereocenters. The Kier molecular flexibility index (Phi) is 7.96. The number of aliphatic carboxylic acids is 1. The number of aryl methyl sites for hydroxylation is 2. The quantitative estimate of drug-likeness (QED) is 0.288. The van der Waals surface area contributed by atoms with Crippen molar-refractivity contribution in [1.82, 2.24) is 0 Å². The fourth-order valence-electron chi connectivity index (χ4n) is 5.89. The third-order valence-corrected chi connectivity index (χ3v) is 8.63. The zero-order valence-corrected chi connectivity index (χ0v) is 23.9. The SMILES string of the molecule is Cc1cc(OCCCS(C)(=O)=O)cc(C)c1-c1c(F)cc(F)c2c1CCC2Oc1ccc2c(c1)OCC2CC(=O)O. The van der Waals surface area contributed by atoms with Crippen molar-refractivity contribution in [1.29, 1.82) is 0 Å². The van der Waals surface area contributed by atoms with E-state index in [-0.39, 0.29) is 31.3 Å². The molecule has 218 valence electrons. The van der Waals surface area contributed by atoms with Gasteiger partial charge in [-0.1, -0.05) is 6.07 Å². The van der Waals surface area contributed by atoms with Gasteiger partial charge in [-0.3, -0.25) is 4.79 Å². The molecule has 2 unspecified atom stereocenters. The predicted molar refractivity (Wildman–Crippen MR) is 150 cm³/mol. The lowest BCUT2D eigenvalue weighted by atomic mass is 9.89. The second-order valence-electron chi connectivity index (χ2n) is 10.8. The zero-order valence-electron chi connectivity index (χ0n) is 23.1. The molecule has 1 aliphatic carbocycles. The van der Waals surface area contributed by atoms with Crippen LogP contribution in [-0.2, 0) is 21.1 Å². The summed E-state index contributed by atoms with van der Waals surface area (Å²) in [5, 5.41) is 9.14. The molecule has 2 aliphatic rings. The van der Waals surface area contributed by atoms with Crippen LogP contribution in [0.25, 0.3) is 11.1 Å². The minimum Gasteiger partial charge on any atom is -0.494 e. The van der Waals surface area contributed by atoms with Crippen LogP contribution in [0.4, 0.5) is 8.78 Å². The summed E-state index contributed by atoms with van der Waals surface area (Å²) in [6.45, 7) is 4.19. The van der Waals surface area contributed by atoms with Gasteiger partial charge in [-0.25, -0.2) is 17.2 Å². The molecule has 10 heteroatoms. The highest BCUT2D eigenvalue weighted by molar-refractivity contribution is 7.90. The van der Waals surface area contributed by atoms with Crippen LogP contribution in [0.1, 0.15) is 59.1 Å². The van der Waals surface area contributed by atoms with Gasteiger partial charge in [-0.2, -0.15) is 0 Å². The molecule has 0 spiro atoms. The van der Waals surface area contributed by atoms with Crippen molar-refractivity contribution in [2.45, 2.75) is 51.6 Å². The largest absolute Gasteiger partial charge is 0.494 e. The average Bonchev–Trinajstić information content (AvgIpc) is 3.46. The Hall–Kier alpha value is -3.66.